The van der Waals surface area contributed by atoms with Crippen LogP contribution >= 0.6 is 11.3 Å². The lowest BCUT2D eigenvalue weighted by Crippen LogP contribution is -2.21. The largest absolute Gasteiger partial charge is 0.416 e. The first kappa shape index (κ1) is 21.0. The van der Waals surface area contributed by atoms with E-state index >= 15 is 0 Å². The number of anilines is 1. The molecule has 0 bridgehead atoms. The van der Waals surface area contributed by atoms with Gasteiger partial charge in [0.25, 0.3) is 5.91 Å². The van der Waals surface area contributed by atoms with E-state index in [2.05, 4.69) is 15.4 Å². The third-order valence-electron chi connectivity index (χ3n) is 4.14. The van der Waals surface area contributed by atoms with Crippen molar-refractivity contribution in [2.45, 2.75) is 32.0 Å². The van der Waals surface area contributed by atoms with Gasteiger partial charge in [-0.1, -0.05) is 18.2 Å². The molecule has 10 heteroatoms. The van der Waals surface area contributed by atoms with E-state index in [0.717, 1.165) is 23.5 Å². The number of benzene rings is 1. The number of rotatable bonds is 5. The molecule has 0 radical (unpaired) electrons. The van der Waals surface area contributed by atoms with Gasteiger partial charge in [0, 0.05) is 19.7 Å². The number of hydrogen-bond acceptors (Lipinski definition) is 5. The fourth-order valence-corrected chi connectivity index (χ4v) is 3.88. The Labute approximate surface area is 169 Å². The third kappa shape index (κ3) is 4.83. The van der Waals surface area contributed by atoms with Crippen molar-refractivity contribution < 1.29 is 23.1 Å². The van der Waals surface area contributed by atoms with Crippen molar-refractivity contribution in [1.82, 2.24) is 14.8 Å². The van der Waals surface area contributed by atoms with Gasteiger partial charge < -0.3 is 10.4 Å². The van der Waals surface area contributed by atoms with Gasteiger partial charge in [-0.05, 0) is 31.5 Å². The van der Waals surface area contributed by atoms with Crippen LogP contribution in [0.4, 0.5) is 18.2 Å². The second-order valence-corrected chi connectivity index (χ2v) is 8.10. The maximum atomic E-state index is 12.9. The topological polar surface area (TPSA) is 80.0 Å². The molecule has 0 fully saturated rings. The minimum absolute atomic E-state index is 0.138. The first-order chi connectivity index (χ1) is 13.4. The molecule has 3 aromatic rings. The van der Waals surface area contributed by atoms with E-state index in [4.69, 9.17) is 0 Å². The monoisotopic (exact) mass is 424 g/mol. The fourth-order valence-electron chi connectivity index (χ4n) is 2.74. The predicted molar refractivity (Wildman–Crippen MR) is 103 cm³/mol. The number of carbonyl (C=O) groups is 1. The third-order valence-corrected chi connectivity index (χ3v) is 5.11. The number of carbonyl (C=O) groups excluding carboxylic acids is 1. The molecule has 3 rings (SSSR count). The SMILES string of the molecule is Cn1nccc1C(=O)Nc1sc(Cc2cccc(C(F)(F)F)c2)nc1C(C)(C)O. The smallest absolute Gasteiger partial charge is 0.384 e. The number of alkyl halides is 3. The number of aryl methyl sites for hydroxylation is 1. The Kier molecular flexibility index (Phi) is 5.50. The van der Waals surface area contributed by atoms with E-state index in [1.165, 1.54) is 30.8 Å². The van der Waals surface area contributed by atoms with Crippen molar-refractivity contribution in [3.63, 3.8) is 0 Å². The zero-order valence-corrected chi connectivity index (χ0v) is 16.7. The molecular weight excluding hydrogens is 405 g/mol. The quantitative estimate of drug-likeness (QED) is 0.650. The molecule has 2 aromatic heterocycles. The first-order valence-electron chi connectivity index (χ1n) is 8.63. The molecule has 6 nitrogen and oxygen atoms in total. The van der Waals surface area contributed by atoms with Crippen LogP contribution in [0.5, 0.6) is 0 Å². The molecule has 0 saturated carbocycles. The molecule has 2 N–H and O–H groups in total. The number of aromatic nitrogens is 3. The van der Waals surface area contributed by atoms with Gasteiger partial charge in [-0.2, -0.15) is 18.3 Å². The molecule has 1 amide bonds. The molecule has 0 aliphatic heterocycles. The van der Waals surface area contributed by atoms with Gasteiger partial charge in [0.05, 0.1) is 10.6 Å². The molecule has 0 unspecified atom stereocenters. The van der Waals surface area contributed by atoms with Crippen molar-refractivity contribution in [3.05, 3.63) is 64.1 Å². The molecule has 0 aliphatic carbocycles. The zero-order chi connectivity index (χ0) is 21.4. The Morgan fingerprint density at radius 3 is 2.59 bits per heavy atom. The van der Waals surface area contributed by atoms with Crippen LogP contribution in [0.15, 0.2) is 36.5 Å². The number of hydrogen-bond donors (Lipinski definition) is 2. The second-order valence-electron chi connectivity index (χ2n) is 7.01. The molecule has 0 spiro atoms. The molecule has 0 aliphatic rings. The highest BCUT2D eigenvalue weighted by Crippen LogP contribution is 2.35. The Bertz CT molecular complexity index is 1030. The van der Waals surface area contributed by atoms with Crippen molar-refractivity contribution in [2.24, 2.45) is 7.05 Å². The van der Waals surface area contributed by atoms with Gasteiger partial charge >= 0.3 is 6.18 Å². The minimum Gasteiger partial charge on any atom is -0.384 e. The Morgan fingerprint density at radius 2 is 2.00 bits per heavy atom. The predicted octanol–water partition coefficient (Wildman–Crippen LogP) is 3.97. The number of nitrogens with zero attached hydrogens (tertiary/aromatic N) is 3. The molecule has 154 valence electrons. The number of nitrogens with one attached hydrogen (secondary N) is 1. The van der Waals surface area contributed by atoms with Crippen LogP contribution in [-0.4, -0.2) is 25.8 Å². The highest BCUT2D eigenvalue weighted by molar-refractivity contribution is 7.16. The standard InChI is InChI=1S/C19H19F3N4O2S/c1-18(2,28)15-17(25-16(27)13-7-8-23-26(13)3)29-14(24-15)10-11-5-4-6-12(9-11)19(20,21)22/h4-9,28H,10H2,1-3H3,(H,25,27). The number of thiazole rings is 1. The highest BCUT2D eigenvalue weighted by Gasteiger charge is 2.31. The fraction of sp³-hybridized carbons (Fsp3) is 0.316. The van der Waals surface area contributed by atoms with Crippen LogP contribution in [0.2, 0.25) is 0 Å². The van der Waals surface area contributed by atoms with Crippen molar-refractivity contribution in [1.29, 1.82) is 0 Å². The summed E-state index contributed by atoms with van der Waals surface area (Å²) >= 11 is 1.11. The van der Waals surface area contributed by atoms with Crippen LogP contribution < -0.4 is 5.32 Å². The maximum absolute atomic E-state index is 12.9. The summed E-state index contributed by atoms with van der Waals surface area (Å²) < 4.78 is 40.2. The first-order valence-corrected chi connectivity index (χ1v) is 9.45. The van der Waals surface area contributed by atoms with Crippen molar-refractivity contribution in [3.8, 4) is 0 Å². The van der Waals surface area contributed by atoms with Crippen LogP contribution in [0.25, 0.3) is 0 Å². The molecule has 2 heterocycles. The lowest BCUT2D eigenvalue weighted by Gasteiger charge is -2.16. The lowest BCUT2D eigenvalue weighted by atomic mass is 10.1. The van der Waals surface area contributed by atoms with E-state index in [-0.39, 0.29) is 12.1 Å². The summed E-state index contributed by atoms with van der Waals surface area (Å²) in [6.07, 6.45) is -2.81. The zero-order valence-electron chi connectivity index (χ0n) is 15.9. The Hall–Kier alpha value is -2.72. The van der Waals surface area contributed by atoms with E-state index in [9.17, 15) is 23.1 Å². The minimum atomic E-state index is -4.43. The summed E-state index contributed by atoms with van der Waals surface area (Å²) in [6, 6.07) is 6.54. The summed E-state index contributed by atoms with van der Waals surface area (Å²) in [5.41, 5.74) is -1.09. The van der Waals surface area contributed by atoms with E-state index < -0.39 is 23.2 Å². The van der Waals surface area contributed by atoms with Gasteiger partial charge in [0.1, 0.15) is 22.0 Å². The lowest BCUT2D eigenvalue weighted by molar-refractivity contribution is -0.137. The molecule has 1 aromatic carbocycles. The number of halogens is 3. The van der Waals surface area contributed by atoms with Gasteiger partial charge in [-0.3, -0.25) is 9.48 Å². The Morgan fingerprint density at radius 1 is 1.28 bits per heavy atom. The average molecular weight is 424 g/mol. The summed E-state index contributed by atoms with van der Waals surface area (Å²) in [7, 11) is 1.62. The molecule has 0 atom stereocenters. The number of amides is 1. The maximum Gasteiger partial charge on any atom is 0.416 e. The molecular formula is C19H19F3N4O2S. The summed E-state index contributed by atoms with van der Waals surface area (Å²) in [5.74, 6) is -0.426. The summed E-state index contributed by atoms with van der Waals surface area (Å²) in [6.45, 7) is 3.05. The van der Waals surface area contributed by atoms with E-state index in [1.54, 1.807) is 19.2 Å². The average Bonchev–Trinajstić information content (AvgIpc) is 3.20. The second kappa shape index (κ2) is 7.60. The van der Waals surface area contributed by atoms with Crippen LogP contribution in [0, 0.1) is 0 Å². The van der Waals surface area contributed by atoms with Gasteiger partial charge in [0.2, 0.25) is 0 Å². The van der Waals surface area contributed by atoms with E-state index in [0.29, 0.717) is 21.3 Å². The summed E-state index contributed by atoms with van der Waals surface area (Å²) in [4.78, 5) is 16.9. The highest BCUT2D eigenvalue weighted by atomic mass is 32.1. The van der Waals surface area contributed by atoms with E-state index in [1.807, 2.05) is 0 Å². The summed E-state index contributed by atoms with van der Waals surface area (Å²) in [5, 5.41) is 17.9. The normalized spacial score (nSPS) is 12.2. The van der Waals surface area contributed by atoms with Crippen LogP contribution in [-0.2, 0) is 25.2 Å². The Balaban J connectivity index is 1.90. The van der Waals surface area contributed by atoms with Crippen LogP contribution in [0.3, 0.4) is 0 Å². The molecule has 0 saturated heterocycles. The van der Waals surface area contributed by atoms with Crippen molar-refractivity contribution >= 4 is 22.2 Å². The van der Waals surface area contributed by atoms with Gasteiger partial charge in [-0.25, -0.2) is 4.98 Å². The van der Waals surface area contributed by atoms with Gasteiger partial charge in [0.15, 0.2) is 0 Å². The van der Waals surface area contributed by atoms with Crippen molar-refractivity contribution in [2.75, 3.05) is 5.32 Å². The number of aliphatic hydroxyl groups is 1. The van der Waals surface area contributed by atoms with Gasteiger partial charge in [-0.15, -0.1) is 11.3 Å². The molecule has 29 heavy (non-hydrogen) atoms. The van der Waals surface area contributed by atoms with Crippen LogP contribution in [0.1, 0.15) is 46.2 Å².